The second-order valence-corrected chi connectivity index (χ2v) is 6.83. The molecule has 0 spiro atoms. The number of benzene rings is 1. The van der Waals surface area contributed by atoms with Crippen molar-refractivity contribution < 1.29 is 19.1 Å². The monoisotopic (exact) mass is 419 g/mol. The highest BCUT2D eigenvalue weighted by atomic mass is 31.2. The van der Waals surface area contributed by atoms with Crippen LogP contribution in [-0.4, -0.2) is 45.1 Å². The van der Waals surface area contributed by atoms with Crippen LogP contribution < -0.4 is 31.9 Å². The number of carbonyl (C=O) groups is 1. The van der Waals surface area contributed by atoms with Crippen molar-refractivity contribution in [2.45, 2.75) is 0 Å². The van der Waals surface area contributed by atoms with E-state index in [1.165, 1.54) is 17.0 Å². The summed E-state index contributed by atoms with van der Waals surface area (Å²) in [6.07, 6.45) is 4.66. The van der Waals surface area contributed by atoms with Crippen molar-refractivity contribution in [3.05, 3.63) is 54.1 Å². The Bertz CT molecular complexity index is 953. The Morgan fingerprint density at radius 1 is 1.28 bits per heavy atom. The Hall–Kier alpha value is -3.11. The van der Waals surface area contributed by atoms with Crippen molar-refractivity contribution in [1.29, 1.82) is 0 Å². The van der Waals surface area contributed by atoms with Gasteiger partial charge in [0, 0.05) is 24.4 Å². The van der Waals surface area contributed by atoms with E-state index in [0.29, 0.717) is 30.0 Å². The molecular formula is C17H22N7O4P. The Balaban J connectivity index is 1.92. The van der Waals surface area contributed by atoms with E-state index in [4.69, 9.17) is 31.5 Å². The first-order chi connectivity index (χ1) is 13.9. The summed E-state index contributed by atoms with van der Waals surface area (Å²) in [6.45, 7) is 1.46. The molecule has 1 aromatic heterocycles. The largest absolute Gasteiger partial charge is 0.426 e. The number of amides is 1. The topological polar surface area (TPSA) is 178 Å². The maximum Gasteiger partial charge on any atom is 0.391 e. The fourth-order valence-corrected chi connectivity index (χ4v) is 3.18. The average molecular weight is 419 g/mol. The number of allylic oxidation sites excluding steroid dienone is 2. The second kappa shape index (κ2) is 8.93. The molecule has 1 aliphatic rings. The van der Waals surface area contributed by atoms with Crippen LogP contribution >= 0.6 is 8.60 Å². The van der Waals surface area contributed by atoms with Gasteiger partial charge in [-0.05, 0) is 18.2 Å². The van der Waals surface area contributed by atoms with E-state index in [2.05, 4.69) is 10.4 Å². The van der Waals surface area contributed by atoms with Crippen LogP contribution in [0.4, 0.5) is 5.69 Å². The molecule has 1 aliphatic heterocycles. The van der Waals surface area contributed by atoms with Crippen LogP contribution in [0.25, 0.3) is 11.4 Å². The van der Waals surface area contributed by atoms with Crippen molar-refractivity contribution in [2.24, 2.45) is 17.2 Å². The maximum atomic E-state index is 12.1. The molecule has 1 amide bonds. The molecule has 0 unspecified atom stereocenters. The number of para-hydroxylation sites is 1. The Morgan fingerprint density at radius 2 is 2.03 bits per heavy atom. The summed E-state index contributed by atoms with van der Waals surface area (Å²) in [5.74, 6) is 0.0896. The molecule has 1 saturated heterocycles. The van der Waals surface area contributed by atoms with Gasteiger partial charge in [-0.2, -0.15) is 5.10 Å². The van der Waals surface area contributed by atoms with Gasteiger partial charge < -0.3 is 41.7 Å². The lowest BCUT2D eigenvalue weighted by atomic mass is 10.1. The average Bonchev–Trinajstić information content (AvgIpc) is 3.15. The molecule has 0 aliphatic carbocycles. The van der Waals surface area contributed by atoms with E-state index in [-0.39, 0.29) is 29.7 Å². The smallest absolute Gasteiger partial charge is 0.391 e. The molecule has 0 radical (unpaired) electrons. The number of nitrogens with one attached hydrogen (secondary N) is 1. The predicted molar refractivity (Wildman–Crippen MR) is 110 cm³/mol. The summed E-state index contributed by atoms with van der Waals surface area (Å²) in [7, 11) is -2.61. The van der Waals surface area contributed by atoms with Gasteiger partial charge in [-0.15, -0.1) is 0 Å². The van der Waals surface area contributed by atoms with E-state index in [0.717, 1.165) is 0 Å². The fourth-order valence-electron chi connectivity index (χ4n) is 2.84. The Morgan fingerprint density at radius 3 is 2.72 bits per heavy atom. The number of rotatable bonds is 6. The molecule has 154 valence electrons. The van der Waals surface area contributed by atoms with Crippen molar-refractivity contribution >= 4 is 31.6 Å². The highest BCUT2D eigenvalue weighted by molar-refractivity contribution is 7.39. The van der Waals surface area contributed by atoms with Gasteiger partial charge in [-0.25, -0.2) is 4.68 Å². The zero-order valence-corrected chi connectivity index (χ0v) is 16.3. The maximum absolute atomic E-state index is 12.1. The van der Waals surface area contributed by atoms with Gasteiger partial charge >= 0.3 is 8.60 Å². The quantitative estimate of drug-likeness (QED) is 0.265. The number of piperazine rings is 1. The standard InChI is InChI=1S/C17H22N7O4P/c18-13(12-3-1-2-4-15(12)28-29(26)27)7-14(17(19)20)24-10-11(8-22-24)23-6-5-21-9-16(23)25/h1-4,7-8,10,21,26-27H,5-6,9,18-20H2/b13-7-. The Kier molecular flexibility index (Phi) is 6.35. The summed E-state index contributed by atoms with van der Waals surface area (Å²) in [6, 6.07) is 6.59. The van der Waals surface area contributed by atoms with Crippen LogP contribution in [0.1, 0.15) is 5.56 Å². The minimum atomic E-state index is -2.61. The molecule has 3 rings (SSSR count). The van der Waals surface area contributed by atoms with Crippen LogP contribution in [0.5, 0.6) is 5.75 Å². The summed E-state index contributed by atoms with van der Waals surface area (Å²) in [5.41, 5.74) is 19.4. The minimum absolute atomic E-state index is 0.0424. The summed E-state index contributed by atoms with van der Waals surface area (Å²) < 4.78 is 6.43. The number of anilines is 1. The summed E-state index contributed by atoms with van der Waals surface area (Å²) in [4.78, 5) is 32.0. The van der Waals surface area contributed by atoms with Crippen LogP contribution in [0, 0.1) is 0 Å². The molecule has 0 atom stereocenters. The van der Waals surface area contributed by atoms with Crippen LogP contribution in [0.3, 0.4) is 0 Å². The summed E-state index contributed by atoms with van der Waals surface area (Å²) in [5, 5.41) is 7.25. The zero-order valence-electron chi connectivity index (χ0n) is 15.4. The van der Waals surface area contributed by atoms with Gasteiger partial charge in [-0.1, -0.05) is 12.1 Å². The highest BCUT2D eigenvalue weighted by Gasteiger charge is 2.21. The molecule has 2 heterocycles. The van der Waals surface area contributed by atoms with Crippen molar-refractivity contribution in [1.82, 2.24) is 15.1 Å². The molecule has 2 aromatic rings. The molecule has 12 heteroatoms. The van der Waals surface area contributed by atoms with E-state index in [1.54, 1.807) is 35.4 Å². The molecule has 1 aromatic carbocycles. The molecule has 1 fully saturated rings. The molecule has 11 nitrogen and oxygen atoms in total. The number of nitrogens with zero attached hydrogens (tertiary/aromatic N) is 3. The van der Waals surface area contributed by atoms with E-state index in [9.17, 15) is 4.79 Å². The molecular weight excluding hydrogens is 397 g/mol. The van der Waals surface area contributed by atoms with Gasteiger partial charge in [0.1, 0.15) is 17.3 Å². The van der Waals surface area contributed by atoms with Crippen LogP contribution in [0.2, 0.25) is 0 Å². The Labute approximate surface area is 168 Å². The lowest BCUT2D eigenvalue weighted by Gasteiger charge is -2.25. The van der Waals surface area contributed by atoms with Gasteiger partial charge in [0.25, 0.3) is 0 Å². The van der Waals surface area contributed by atoms with E-state index < -0.39 is 8.60 Å². The van der Waals surface area contributed by atoms with E-state index >= 15 is 0 Å². The SMILES string of the molecule is NC(N)=C(/C=C(\N)c1ccccc1OP(O)O)n1cc(N2CCNCC2=O)cn1. The first-order valence-corrected chi connectivity index (χ1v) is 9.77. The first-order valence-electron chi connectivity index (χ1n) is 8.60. The molecule has 0 bridgehead atoms. The fraction of sp³-hybridized carbons (Fsp3) is 0.176. The number of hydrogen-bond acceptors (Lipinski definition) is 9. The van der Waals surface area contributed by atoms with E-state index in [1.807, 2.05) is 0 Å². The van der Waals surface area contributed by atoms with Crippen molar-refractivity contribution in [3.8, 4) is 5.75 Å². The third-order valence-corrected chi connectivity index (χ3v) is 4.54. The highest BCUT2D eigenvalue weighted by Crippen LogP contribution is 2.34. The zero-order chi connectivity index (χ0) is 21.0. The van der Waals surface area contributed by atoms with Gasteiger partial charge in [0.05, 0.1) is 24.6 Å². The normalized spacial score (nSPS) is 14.9. The minimum Gasteiger partial charge on any atom is -0.426 e. The van der Waals surface area contributed by atoms with Crippen LogP contribution in [-0.2, 0) is 4.79 Å². The van der Waals surface area contributed by atoms with Gasteiger partial charge in [-0.3, -0.25) is 4.79 Å². The molecule has 9 N–H and O–H groups in total. The lowest BCUT2D eigenvalue weighted by Crippen LogP contribution is -2.48. The summed E-state index contributed by atoms with van der Waals surface area (Å²) >= 11 is 0. The predicted octanol–water partition coefficient (Wildman–Crippen LogP) is -0.547. The number of nitrogens with two attached hydrogens (primary N) is 3. The molecule has 29 heavy (non-hydrogen) atoms. The lowest BCUT2D eigenvalue weighted by molar-refractivity contribution is -0.118. The second-order valence-electron chi connectivity index (χ2n) is 6.15. The van der Waals surface area contributed by atoms with Crippen molar-refractivity contribution in [2.75, 3.05) is 24.5 Å². The number of carbonyl (C=O) groups excluding carboxylic acids is 1. The third kappa shape index (κ3) is 4.84. The first kappa shape index (κ1) is 20.6. The van der Waals surface area contributed by atoms with Crippen molar-refractivity contribution in [3.63, 3.8) is 0 Å². The molecule has 0 saturated carbocycles. The van der Waals surface area contributed by atoms with Gasteiger partial charge in [0.2, 0.25) is 5.91 Å². The number of aromatic nitrogens is 2. The van der Waals surface area contributed by atoms with Gasteiger partial charge in [0.15, 0.2) is 0 Å². The van der Waals surface area contributed by atoms with Crippen LogP contribution in [0.15, 0.2) is 48.6 Å². The third-order valence-electron chi connectivity index (χ3n) is 4.18. The number of hydrogen-bond donors (Lipinski definition) is 6.